The second kappa shape index (κ2) is 5.23. The van der Waals surface area contributed by atoms with Crippen LogP contribution >= 0.6 is 0 Å². The number of aliphatic imine (C=N–C) groups is 2. The Labute approximate surface area is 140 Å². The zero-order chi connectivity index (χ0) is 16.8. The molecule has 5 nitrogen and oxygen atoms in total. The molecule has 0 atom stereocenters. The van der Waals surface area contributed by atoms with Gasteiger partial charge in [0.05, 0.1) is 5.57 Å². The minimum Gasteiger partial charge on any atom is -0.347 e. The maximum absolute atomic E-state index is 13.2. The third-order valence-corrected chi connectivity index (χ3v) is 4.23. The Hall–Kier alpha value is -3.08. The highest BCUT2D eigenvalue weighted by Crippen LogP contribution is 2.36. The number of carbonyl (C=O) groups is 1. The average molecular weight is 316 g/mol. The molecule has 2 aliphatic rings. The van der Waals surface area contributed by atoms with Gasteiger partial charge in [0, 0.05) is 37.6 Å². The normalized spacial score (nSPS) is 15.7. The molecule has 0 fully saturated rings. The minimum absolute atomic E-state index is 0.0161. The maximum atomic E-state index is 13.2. The number of Topliss-reactive ketones (excluding diaryl/α,β-unsaturated/α-hetero) is 1. The van der Waals surface area contributed by atoms with Gasteiger partial charge in [-0.1, -0.05) is 24.3 Å². The third kappa shape index (κ3) is 2.01. The van der Waals surface area contributed by atoms with Gasteiger partial charge in [-0.25, -0.2) is 9.98 Å². The largest absolute Gasteiger partial charge is 0.347 e. The van der Waals surface area contributed by atoms with E-state index in [9.17, 15) is 4.79 Å². The highest BCUT2D eigenvalue weighted by molar-refractivity contribution is 6.43. The van der Waals surface area contributed by atoms with Gasteiger partial charge in [0.25, 0.3) is 0 Å². The van der Waals surface area contributed by atoms with Crippen molar-refractivity contribution in [3.05, 3.63) is 70.7 Å². The van der Waals surface area contributed by atoms with E-state index in [1.54, 1.807) is 12.4 Å². The summed E-state index contributed by atoms with van der Waals surface area (Å²) in [5, 5.41) is 0. The Bertz CT molecular complexity index is 967. The lowest BCUT2D eigenvalue weighted by Gasteiger charge is -2.20. The smallest absolute Gasteiger partial charge is 0.226 e. The van der Waals surface area contributed by atoms with Gasteiger partial charge in [0.1, 0.15) is 11.4 Å². The van der Waals surface area contributed by atoms with Gasteiger partial charge in [-0.3, -0.25) is 9.78 Å². The summed E-state index contributed by atoms with van der Waals surface area (Å²) >= 11 is 0. The SMILES string of the molecule is Cc1cnccc1C1=C2N=C(N(C)C)N=C2c2ccccc2C1=O. The lowest BCUT2D eigenvalue weighted by molar-refractivity contribution is 0.105. The Morgan fingerprint density at radius 2 is 1.71 bits per heavy atom. The van der Waals surface area contributed by atoms with Crippen molar-refractivity contribution in [3.63, 3.8) is 0 Å². The first-order valence-electron chi connectivity index (χ1n) is 7.72. The number of aryl methyl sites for hydroxylation is 1. The highest BCUT2D eigenvalue weighted by atomic mass is 16.1. The van der Waals surface area contributed by atoms with E-state index < -0.39 is 0 Å². The van der Waals surface area contributed by atoms with Crippen LogP contribution in [0.25, 0.3) is 5.57 Å². The van der Waals surface area contributed by atoms with Crippen molar-refractivity contribution in [2.24, 2.45) is 9.98 Å². The number of carbonyl (C=O) groups excluding carboxylic acids is 1. The molecule has 1 aromatic carbocycles. The Balaban J connectivity index is 2.05. The maximum Gasteiger partial charge on any atom is 0.226 e. The second-order valence-corrected chi connectivity index (χ2v) is 6.06. The molecule has 0 saturated heterocycles. The number of hydrogen-bond donors (Lipinski definition) is 0. The molecule has 0 saturated carbocycles. The number of fused-ring (bicyclic) bond motifs is 3. The van der Waals surface area contributed by atoms with Crippen LogP contribution in [0, 0.1) is 6.92 Å². The third-order valence-electron chi connectivity index (χ3n) is 4.23. The van der Waals surface area contributed by atoms with E-state index in [4.69, 9.17) is 0 Å². The van der Waals surface area contributed by atoms with Crippen molar-refractivity contribution in [2.45, 2.75) is 6.92 Å². The summed E-state index contributed by atoms with van der Waals surface area (Å²) in [7, 11) is 3.79. The fourth-order valence-electron chi connectivity index (χ4n) is 3.03. The van der Waals surface area contributed by atoms with Crippen LogP contribution in [-0.4, -0.2) is 41.4 Å². The molecular formula is C19H16N4O. The fraction of sp³-hybridized carbons (Fsp3) is 0.158. The summed E-state index contributed by atoms with van der Waals surface area (Å²) < 4.78 is 0. The van der Waals surface area contributed by atoms with Crippen LogP contribution in [-0.2, 0) is 0 Å². The molecular weight excluding hydrogens is 300 g/mol. The van der Waals surface area contributed by atoms with Crippen LogP contribution in [0.15, 0.2) is 58.4 Å². The van der Waals surface area contributed by atoms with Gasteiger partial charge in [-0.05, 0) is 24.1 Å². The number of rotatable bonds is 1. The molecule has 1 aliphatic heterocycles. The number of allylic oxidation sites excluding steroid dienone is 2. The molecule has 0 unspecified atom stereocenters. The van der Waals surface area contributed by atoms with E-state index in [0.29, 0.717) is 22.8 Å². The average Bonchev–Trinajstić information content (AvgIpc) is 3.02. The highest BCUT2D eigenvalue weighted by Gasteiger charge is 2.35. The number of nitrogens with zero attached hydrogens (tertiary/aromatic N) is 4. The molecule has 4 rings (SSSR count). The molecule has 1 aliphatic carbocycles. The number of ketones is 1. The molecule has 24 heavy (non-hydrogen) atoms. The molecule has 2 aromatic rings. The Morgan fingerprint density at radius 1 is 0.958 bits per heavy atom. The van der Waals surface area contributed by atoms with Crippen molar-refractivity contribution in [1.29, 1.82) is 0 Å². The number of hydrogen-bond acceptors (Lipinski definition) is 5. The summed E-state index contributed by atoms with van der Waals surface area (Å²) in [6.07, 6.45) is 3.46. The standard InChI is InChI=1S/C19H16N4O/c1-11-10-20-9-8-12(11)15-17-16(21-19(22-17)23(2)3)13-6-4-5-7-14(13)18(15)24/h4-10H,1-3H3. The van der Waals surface area contributed by atoms with E-state index in [0.717, 1.165) is 22.4 Å². The van der Waals surface area contributed by atoms with Crippen molar-refractivity contribution in [1.82, 2.24) is 9.88 Å². The lowest BCUT2D eigenvalue weighted by Crippen LogP contribution is -2.20. The molecule has 0 N–H and O–H groups in total. The van der Waals surface area contributed by atoms with Crippen LogP contribution in [0.3, 0.4) is 0 Å². The number of aromatic nitrogens is 1. The van der Waals surface area contributed by atoms with Crippen LogP contribution < -0.4 is 0 Å². The van der Waals surface area contributed by atoms with Crippen molar-refractivity contribution >= 4 is 23.0 Å². The monoisotopic (exact) mass is 316 g/mol. The summed E-state index contributed by atoms with van der Waals surface area (Å²) in [5.41, 5.74) is 5.33. The summed E-state index contributed by atoms with van der Waals surface area (Å²) in [6.45, 7) is 1.95. The first-order valence-corrected chi connectivity index (χ1v) is 7.72. The fourth-order valence-corrected chi connectivity index (χ4v) is 3.03. The van der Waals surface area contributed by atoms with Crippen LogP contribution in [0.5, 0.6) is 0 Å². The van der Waals surface area contributed by atoms with E-state index in [-0.39, 0.29) is 5.78 Å². The van der Waals surface area contributed by atoms with Crippen molar-refractivity contribution < 1.29 is 4.79 Å². The molecule has 0 radical (unpaired) electrons. The number of guanidine groups is 1. The number of pyridine rings is 1. The van der Waals surface area contributed by atoms with Crippen LogP contribution in [0.4, 0.5) is 0 Å². The van der Waals surface area contributed by atoms with Gasteiger partial charge >= 0.3 is 0 Å². The zero-order valence-electron chi connectivity index (χ0n) is 13.7. The van der Waals surface area contributed by atoms with Crippen LogP contribution in [0.2, 0.25) is 0 Å². The summed E-state index contributed by atoms with van der Waals surface area (Å²) in [5.74, 6) is 0.589. The topological polar surface area (TPSA) is 57.9 Å². The predicted molar refractivity (Wildman–Crippen MR) is 94.3 cm³/mol. The Kier molecular flexibility index (Phi) is 3.16. The first-order chi connectivity index (χ1) is 11.6. The molecule has 2 heterocycles. The minimum atomic E-state index is -0.0161. The molecule has 0 amide bonds. The van der Waals surface area contributed by atoms with Gasteiger partial charge in [0.2, 0.25) is 5.96 Å². The van der Waals surface area contributed by atoms with Gasteiger partial charge in [-0.15, -0.1) is 0 Å². The summed E-state index contributed by atoms with van der Waals surface area (Å²) in [4.78, 5) is 28.4. The van der Waals surface area contributed by atoms with Crippen LogP contribution in [0.1, 0.15) is 27.0 Å². The van der Waals surface area contributed by atoms with Crippen molar-refractivity contribution in [3.8, 4) is 0 Å². The molecule has 1 aromatic heterocycles. The van der Waals surface area contributed by atoms with E-state index in [1.165, 1.54) is 0 Å². The second-order valence-electron chi connectivity index (χ2n) is 6.06. The van der Waals surface area contributed by atoms with Gasteiger partial charge in [-0.2, -0.15) is 0 Å². The first kappa shape index (κ1) is 14.5. The molecule has 0 bridgehead atoms. The lowest BCUT2D eigenvalue weighted by atomic mass is 9.83. The van der Waals surface area contributed by atoms with Gasteiger partial charge < -0.3 is 4.90 Å². The molecule has 118 valence electrons. The quantitative estimate of drug-likeness (QED) is 0.813. The zero-order valence-corrected chi connectivity index (χ0v) is 13.7. The summed E-state index contributed by atoms with van der Waals surface area (Å²) in [6, 6.07) is 9.44. The molecule has 5 heteroatoms. The molecule has 0 spiro atoms. The van der Waals surface area contributed by atoms with E-state index >= 15 is 0 Å². The van der Waals surface area contributed by atoms with E-state index in [1.807, 2.05) is 56.3 Å². The van der Waals surface area contributed by atoms with E-state index in [2.05, 4.69) is 15.0 Å². The van der Waals surface area contributed by atoms with Crippen molar-refractivity contribution in [2.75, 3.05) is 14.1 Å². The Morgan fingerprint density at radius 3 is 2.42 bits per heavy atom. The number of benzene rings is 1. The van der Waals surface area contributed by atoms with Gasteiger partial charge in [0.15, 0.2) is 5.78 Å². The predicted octanol–water partition coefficient (Wildman–Crippen LogP) is 2.72.